The first-order valence-corrected chi connectivity index (χ1v) is 16.5. The van der Waals surface area contributed by atoms with Gasteiger partial charge in [0.2, 0.25) is 6.29 Å². The first kappa shape index (κ1) is 30.3. The average molecular weight is 631 g/mol. The van der Waals surface area contributed by atoms with E-state index in [1.165, 1.54) is 45.9 Å². The molecule has 6 rings (SSSR count). The zero-order valence-electron chi connectivity index (χ0n) is 23.4. The number of benzene rings is 1. The zero-order chi connectivity index (χ0) is 30.5. The van der Waals surface area contributed by atoms with Crippen LogP contribution in [0.15, 0.2) is 65.2 Å². The molecule has 7 atom stereocenters. The van der Waals surface area contributed by atoms with Crippen molar-refractivity contribution in [2.75, 3.05) is 24.8 Å². The molecule has 6 bridgehead atoms. The summed E-state index contributed by atoms with van der Waals surface area (Å²) in [5, 5.41) is 61.9. The van der Waals surface area contributed by atoms with Crippen molar-refractivity contribution in [1.82, 2.24) is 10.6 Å². The maximum Gasteiger partial charge on any atom is 0.229 e. The van der Waals surface area contributed by atoms with Crippen LogP contribution >= 0.6 is 21.6 Å². The molecule has 1 aromatic carbocycles. The predicted molar refractivity (Wildman–Crippen MR) is 160 cm³/mol. The molecule has 2 aliphatic carbocycles. The summed E-state index contributed by atoms with van der Waals surface area (Å²) in [6, 6.07) is 4.51. The quantitative estimate of drug-likeness (QED) is 0.223. The lowest BCUT2D eigenvalue weighted by Crippen LogP contribution is -2.68. The first-order valence-electron chi connectivity index (χ1n) is 14.1. The molecule has 0 amide bonds. The number of aliphatic hydroxyl groups excluding tert-OH is 4. The van der Waals surface area contributed by atoms with E-state index < -0.39 is 53.9 Å². The van der Waals surface area contributed by atoms with Crippen LogP contribution in [0.3, 0.4) is 0 Å². The minimum atomic E-state index is -2.14. The molecule has 0 aromatic heterocycles. The van der Waals surface area contributed by atoms with Crippen molar-refractivity contribution in [3.63, 3.8) is 0 Å². The summed E-state index contributed by atoms with van der Waals surface area (Å²) in [5.74, 6) is -0.850. The number of carbonyl (C=O) groups is 2. The van der Waals surface area contributed by atoms with Gasteiger partial charge in [0.05, 0.1) is 29.8 Å². The Kier molecular flexibility index (Phi) is 8.18. The van der Waals surface area contributed by atoms with Gasteiger partial charge in [-0.25, -0.2) is 0 Å². The van der Waals surface area contributed by atoms with Crippen molar-refractivity contribution in [1.29, 1.82) is 0 Å². The number of carbonyl (C=O) groups excluding carboxylic acids is 2. The highest BCUT2D eigenvalue weighted by molar-refractivity contribution is 8.76. The van der Waals surface area contributed by atoms with Gasteiger partial charge in [-0.2, -0.15) is 0 Å². The van der Waals surface area contributed by atoms with E-state index in [0.29, 0.717) is 24.4 Å². The van der Waals surface area contributed by atoms with Gasteiger partial charge < -0.3 is 45.6 Å². The van der Waals surface area contributed by atoms with E-state index in [4.69, 9.17) is 9.47 Å². The molecule has 7 N–H and O–H groups in total. The number of hydrogen-bond donors (Lipinski definition) is 7. The van der Waals surface area contributed by atoms with Gasteiger partial charge in [0.25, 0.3) is 0 Å². The number of Topliss-reactive ketones (excluding diaryl/α,β-unsaturated/α-hetero) is 2. The number of dihydropyridines is 1. The van der Waals surface area contributed by atoms with Crippen LogP contribution in [0.4, 0.5) is 0 Å². The van der Waals surface area contributed by atoms with Crippen LogP contribution in [0.1, 0.15) is 40.5 Å². The monoisotopic (exact) mass is 630 g/mol. The Hall–Kier alpha value is -2.78. The van der Waals surface area contributed by atoms with Crippen LogP contribution in [0.2, 0.25) is 0 Å². The first-order chi connectivity index (χ1) is 20.6. The van der Waals surface area contributed by atoms with Gasteiger partial charge in [-0.3, -0.25) is 9.59 Å². The molecule has 13 heteroatoms. The Labute approximate surface area is 256 Å². The number of nitrogens with one attached hydrogen (secondary N) is 2. The molecule has 1 aromatic rings. The van der Waals surface area contributed by atoms with Crippen LogP contribution in [-0.2, 0) is 4.74 Å². The van der Waals surface area contributed by atoms with Crippen LogP contribution in [0, 0.1) is 11.3 Å². The maximum atomic E-state index is 14.5. The van der Waals surface area contributed by atoms with Crippen molar-refractivity contribution in [2.24, 2.45) is 11.3 Å². The lowest BCUT2D eigenvalue weighted by Gasteiger charge is -2.48. The highest BCUT2D eigenvalue weighted by atomic mass is 33.1. The van der Waals surface area contributed by atoms with Crippen molar-refractivity contribution in [3.05, 3.63) is 76.4 Å². The van der Waals surface area contributed by atoms with E-state index in [1.54, 1.807) is 13.0 Å². The number of rotatable bonds is 1. The third-order valence-corrected chi connectivity index (χ3v) is 11.1. The highest BCUT2D eigenvalue weighted by Gasteiger charge is 2.59. The van der Waals surface area contributed by atoms with Crippen molar-refractivity contribution < 1.29 is 44.6 Å². The minimum Gasteiger partial charge on any atom is -0.511 e. The molecule has 11 nitrogen and oxygen atoms in total. The topological polar surface area (TPSA) is 178 Å². The zero-order valence-corrected chi connectivity index (χ0v) is 25.0. The summed E-state index contributed by atoms with van der Waals surface area (Å²) in [4.78, 5) is 28.5. The lowest BCUT2D eigenvalue weighted by molar-refractivity contribution is -0.315. The van der Waals surface area contributed by atoms with Gasteiger partial charge in [-0.15, -0.1) is 0 Å². The molecule has 5 aliphatic rings. The second-order valence-corrected chi connectivity index (χ2v) is 13.9. The molecular weight excluding hydrogens is 596 g/mol. The summed E-state index contributed by atoms with van der Waals surface area (Å²) < 4.78 is 11.8. The molecular formula is C30H34N2O9S2. The number of hydrogen-bond acceptors (Lipinski definition) is 13. The van der Waals surface area contributed by atoms with Gasteiger partial charge in [0.1, 0.15) is 40.8 Å². The second kappa shape index (κ2) is 11.6. The summed E-state index contributed by atoms with van der Waals surface area (Å²) >= 11 is 0. The van der Waals surface area contributed by atoms with Gasteiger partial charge in [0, 0.05) is 17.9 Å². The summed E-state index contributed by atoms with van der Waals surface area (Å²) in [6.45, 7) is 1.60. The largest absolute Gasteiger partial charge is 0.511 e. The molecule has 1 saturated heterocycles. The Morgan fingerprint density at radius 3 is 2.72 bits per heavy atom. The average Bonchev–Trinajstić information content (AvgIpc) is 2.99. The number of ether oxygens (including phenoxy) is 2. The molecule has 1 spiro atoms. The van der Waals surface area contributed by atoms with Crippen molar-refractivity contribution in [3.8, 4) is 5.75 Å². The number of aliphatic hydroxyl groups is 5. The Bertz CT molecular complexity index is 1460. The lowest BCUT2D eigenvalue weighted by atomic mass is 9.60. The third-order valence-electron chi connectivity index (χ3n) is 8.85. The molecule has 230 valence electrons. The van der Waals surface area contributed by atoms with Crippen molar-refractivity contribution >= 4 is 33.2 Å². The second-order valence-electron chi connectivity index (χ2n) is 11.4. The fourth-order valence-corrected chi connectivity index (χ4v) is 8.68. The van der Waals surface area contributed by atoms with Gasteiger partial charge in [-0.05, 0) is 43.6 Å². The summed E-state index contributed by atoms with van der Waals surface area (Å²) in [7, 11) is 2.79. The van der Waals surface area contributed by atoms with E-state index in [9.17, 15) is 35.1 Å². The maximum absolute atomic E-state index is 14.5. The van der Waals surface area contributed by atoms with Crippen LogP contribution in [-0.4, -0.2) is 92.1 Å². The Balaban J connectivity index is 1.46. The van der Waals surface area contributed by atoms with Crippen LogP contribution in [0.5, 0.6) is 5.75 Å². The summed E-state index contributed by atoms with van der Waals surface area (Å²) in [6.07, 6.45) is 0.865. The standard InChI is InChI=1S/C30H34N2O9S2/c1-15-9-18-24(35)17-3-2-4-19-23(17)26(37)29(18,21(34)10-15)13-42-43-14-32-22-11-16(6-8-31-22)5-7-30(39)25(36)20(12-33)41-28(40-19)27(30)38/h2-4,6,9-11,18,20,25,27-28,31-34,36,38-39H,5,7-8,12-14H2,1H3/t18-,20-,25-,27+,28-,29+,30+/m1/s1. The number of ketones is 2. The number of allylic oxidation sites excluding steroid dienone is 6. The van der Waals surface area contributed by atoms with E-state index in [1.807, 2.05) is 12.2 Å². The molecule has 1 fully saturated rings. The Morgan fingerprint density at radius 2 is 1.93 bits per heavy atom. The molecule has 3 heterocycles. The molecule has 0 unspecified atom stereocenters. The van der Waals surface area contributed by atoms with Gasteiger partial charge in [-0.1, -0.05) is 51.4 Å². The minimum absolute atomic E-state index is 0.0680. The van der Waals surface area contributed by atoms with E-state index >= 15 is 0 Å². The van der Waals surface area contributed by atoms with Gasteiger partial charge >= 0.3 is 0 Å². The third kappa shape index (κ3) is 5.00. The number of fused-ring (bicyclic) bond motifs is 3. The van der Waals surface area contributed by atoms with Crippen molar-refractivity contribution in [2.45, 2.75) is 50.0 Å². The molecule has 3 aliphatic heterocycles. The SMILES string of the molecule is CC1=C[C@@H]2C(=O)c3cccc4c3C(=O)[C@]2(CSSCNC2=CC(=CCN2)CC[C@]2(O)[C@H](O)[C@@H](CO)O[C@@H](O4)[C@@H]2O)C(O)=C1. The predicted octanol–water partition coefficient (Wildman–Crippen LogP) is 1.71. The van der Waals surface area contributed by atoms with E-state index in [0.717, 1.165) is 11.4 Å². The van der Waals surface area contributed by atoms with E-state index in [2.05, 4.69) is 10.6 Å². The smallest absolute Gasteiger partial charge is 0.229 e. The summed E-state index contributed by atoms with van der Waals surface area (Å²) in [5.41, 5.74) is -2.17. The van der Waals surface area contributed by atoms with Crippen LogP contribution in [0.25, 0.3) is 0 Å². The van der Waals surface area contributed by atoms with Gasteiger partial charge in [0.15, 0.2) is 11.6 Å². The Morgan fingerprint density at radius 1 is 1.12 bits per heavy atom. The molecule has 0 radical (unpaired) electrons. The fraction of sp³-hybridized carbons (Fsp3) is 0.467. The molecule has 0 saturated carbocycles. The highest BCUT2D eigenvalue weighted by Crippen LogP contribution is 2.53. The molecule has 43 heavy (non-hydrogen) atoms. The normalized spacial score (nSPS) is 36.2. The van der Waals surface area contributed by atoms with E-state index in [-0.39, 0.29) is 40.6 Å². The van der Waals surface area contributed by atoms with Crippen LogP contribution < -0.4 is 15.4 Å². The fourth-order valence-electron chi connectivity index (χ4n) is 6.42.